The number of halogens is 2. The number of pyridine rings is 3. The molecule has 0 aliphatic rings. The fourth-order valence-corrected chi connectivity index (χ4v) is 3.19. The first-order chi connectivity index (χ1) is 15.5. The molecule has 0 saturated heterocycles. The summed E-state index contributed by atoms with van der Waals surface area (Å²) in [4.78, 5) is 12.5. The summed E-state index contributed by atoms with van der Waals surface area (Å²) in [7, 11) is 4.57. The molecule has 3 rings (SSSR count). The fourth-order valence-electron chi connectivity index (χ4n) is 2.71. The predicted molar refractivity (Wildman–Crippen MR) is 120 cm³/mol. The van der Waals surface area contributed by atoms with Gasteiger partial charge in [-0.1, -0.05) is 23.2 Å². The van der Waals surface area contributed by atoms with Crippen LogP contribution in [-0.2, 0) is 6.61 Å². The van der Waals surface area contributed by atoms with Crippen LogP contribution in [0.25, 0.3) is 11.6 Å². The molecular weight excluding hydrogens is 455 g/mol. The molecule has 32 heavy (non-hydrogen) atoms. The number of rotatable bonds is 8. The van der Waals surface area contributed by atoms with Crippen molar-refractivity contribution in [2.24, 2.45) is 0 Å². The number of hydrogen-bond acceptors (Lipinski definition) is 8. The van der Waals surface area contributed by atoms with Gasteiger partial charge in [-0.05, 0) is 6.08 Å². The average Bonchev–Trinajstić information content (AvgIpc) is 2.82. The van der Waals surface area contributed by atoms with Crippen LogP contribution in [0.15, 0.2) is 36.9 Å². The second-order valence-electron chi connectivity index (χ2n) is 6.23. The van der Waals surface area contributed by atoms with Gasteiger partial charge in [-0.15, -0.1) is 0 Å². The quantitative estimate of drug-likeness (QED) is 0.429. The Kier molecular flexibility index (Phi) is 7.71. The molecule has 0 N–H and O–H groups in total. The van der Waals surface area contributed by atoms with Gasteiger partial charge in [0, 0.05) is 30.1 Å². The van der Waals surface area contributed by atoms with Crippen LogP contribution in [0.2, 0.25) is 10.0 Å². The molecule has 0 fully saturated rings. The first-order valence-corrected chi connectivity index (χ1v) is 9.91. The van der Waals surface area contributed by atoms with Crippen LogP contribution in [0, 0.1) is 11.3 Å². The van der Waals surface area contributed by atoms with E-state index in [1.807, 2.05) is 0 Å². The summed E-state index contributed by atoms with van der Waals surface area (Å²) in [5.41, 5.74) is 1.66. The highest BCUT2D eigenvalue weighted by Crippen LogP contribution is 2.33. The van der Waals surface area contributed by atoms with Gasteiger partial charge >= 0.3 is 0 Å². The van der Waals surface area contributed by atoms with Crippen molar-refractivity contribution in [3.05, 3.63) is 63.9 Å². The number of aromatic nitrogens is 3. The maximum absolute atomic E-state index is 9.69. The topological polar surface area (TPSA) is 99.4 Å². The van der Waals surface area contributed by atoms with Gasteiger partial charge in [-0.2, -0.15) is 5.26 Å². The van der Waals surface area contributed by atoms with E-state index in [1.54, 1.807) is 24.4 Å². The predicted octanol–water partition coefficient (Wildman–Crippen LogP) is 4.85. The Labute approximate surface area is 195 Å². The van der Waals surface area contributed by atoms with Gasteiger partial charge in [0.05, 0.1) is 60.7 Å². The Morgan fingerprint density at radius 3 is 2.16 bits per heavy atom. The number of ether oxygens (including phenoxy) is 4. The molecule has 3 heterocycles. The van der Waals surface area contributed by atoms with Crippen LogP contribution in [-0.4, -0.2) is 36.3 Å². The van der Waals surface area contributed by atoms with E-state index >= 15 is 0 Å². The highest BCUT2D eigenvalue weighted by atomic mass is 35.5. The first kappa shape index (κ1) is 23.1. The molecule has 8 nitrogen and oxygen atoms in total. The van der Waals surface area contributed by atoms with Gasteiger partial charge in [-0.3, -0.25) is 15.0 Å². The summed E-state index contributed by atoms with van der Waals surface area (Å²) in [5, 5.41) is 10.3. The molecule has 164 valence electrons. The SMILES string of the molecule is COc1cnc(COc2cc(C(C#N)=Cc3c(Cl)cncc3Cl)ncc2OC)cc1OC. The molecule has 0 radical (unpaired) electrons. The van der Waals surface area contributed by atoms with Gasteiger partial charge in [0.1, 0.15) is 12.7 Å². The zero-order valence-corrected chi connectivity index (χ0v) is 18.9. The summed E-state index contributed by atoms with van der Waals surface area (Å²) in [6.45, 7) is 0.119. The zero-order valence-electron chi connectivity index (χ0n) is 17.4. The highest BCUT2D eigenvalue weighted by molar-refractivity contribution is 6.37. The van der Waals surface area contributed by atoms with E-state index in [2.05, 4.69) is 21.0 Å². The van der Waals surface area contributed by atoms with E-state index in [4.69, 9.17) is 42.1 Å². The Balaban J connectivity index is 1.91. The Bertz CT molecular complexity index is 1170. The molecule has 0 aromatic carbocycles. The normalized spacial score (nSPS) is 10.9. The number of allylic oxidation sites excluding steroid dienone is 1. The van der Waals surface area contributed by atoms with Gasteiger partial charge in [0.2, 0.25) is 0 Å². The number of hydrogen-bond donors (Lipinski definition) is 0. The van der Waals surface area contributed by atoms with E-state index in [0.717, 1.165) is 0 Å². The van der Waals surface area contributed by atoms with Gasteiger partial charge in [0.25, 0.3) is 0 Å². The summed E-state index contributed by atoms with van der Waals surface area (Å²) in [6, 6.07) is 5.41. The van der Waals surface area contributed by atoms with Crippen molar-refractivity contribution in [3.63, 3.8) is 0 Å². The van der Waals surface area contributed by atoms with E-state index in [9.17, 15) is 5.26 Å². The monoisotopic (exact) mass is 472 g/mol. The number of nitrogens with zero attached hydrogens (tertiary/aromatic N) is 4. The number of nitriles is 1. The fraction of sp³-hybridized carbons (Fsp3) is 0.182. The number of methoxy groups -OCH3 is 3. The van der Waals surface area contributed by atoms with Crippen molar-refractivity contribution in [3.8, 4) is 29.1 Å². The molecular formula is C22H18Cl2N4O4. The minimum Gasteiger partial charge on any atom is -0.493 e. The second kappa shape index (κ2) is 10.7. The second-order valence-corrected chi connectivity index (χ2v) is 7.04. The minimum atomic E-state index is 0.119. The third-order valence-electron chi connectivity index (χ3n) is 4.33. The largest absolute Gasteiger partial charge is 0.493 e. The van der Waals surface area contributed by atoms with E-state index in [1.165, 1.54) is 39.9 Å². The van der Waals surface area contributed by atoms with Gasteiger partial charge in [0.15, 0.2) is 23.0 Å². The van der Waals surface area contributed by atoms with Crippen molar-refractivity contribution >= 4 is 34.9 Å². The van der Waals surface area contributed by atoms with E-state index < -0.39 is 0 Å². The minimum absolute atomic E-state index is 0.119. The Morgan fingerprint density at radius 2 is 1.53 bits per heavy atom. The highest BCUT2D eigenvalue weighted by Gasteiger charge is 2.14. The molecule has 0 atom stereocenters. The molecule has 0 amide bonds. The first-order valence-electron chi connectivity index (χ1n) is 9.15. The van der Waals surface area contributed by atoms with Crippen molar-refractivity contribution in [1.29, 1.82) is 5.26 Å². The lowest BCUT2D eigenvalue weighted by atomic mass is 10.1. The molecule has 0 aliphatic heterocycles. The van der Waals surface area contributed by atoms with Crippen molar-refractivity contribution < 1.29 is 18.9 Å². The van der Waals surface area contributed by atoms with Crippen LogP contribution < -0.4 is 18.9 Å². The maximum Gasteiger partial charge on any atom is 0.179 e. The van der Waals surface area contributed by atoms with Crippen molar-refractivity contribution in [1.82, 2.24) is 15.0 Å². The third kappa shape index (κ3) is 5.19. The molecule has 10 heteroatoms. The van der Waals surface area contributed by atoms with Crippen LogP contribution >= 0.6 is 23.2 Å². The summed E-state index contributed by atoms with van der Waals surface area (Å²) in [5.74, 6) is 1.82. The van der Waals surface area contributed by atoms with E-state index in [0.29, 0.717) is 50.0 Å². The maximum atomic E-state index is 9.69. The van der Waals surface area contributed by atoms with Gasteiger partial charge < -0.3 is 18.9 Å². The lowest BCUT2D eigenvalue weighted by molar-refractivity contribution is 0.278. The summed E-state index contributed by atoms with van der Waals surface area (Å²) >= 11 is 12.3. The standard InChI is InChI=1S/C22H18Cl2N4O4/c1-29-19-5-14(27-10-21(19)30-2)12-32-20-6-18(28-11-22(20)31-3)13(7-25)4-15-16(23)8-26-9-17(15)24/h4-6,8-11H,12H2,1-3H3. The van der Waals surface area contributed by atoms with Crippen molar-refractivity contribution in [2.75, 3.05) is 21.3 Å². The molecule has 3 aromatic rings. The lowest BCUT2D eigenvalue weighted by Crippen LogP contribution is -2.02. The zero-order chi connectivity index (χ0) is 23.1. The van der Waals surface area contributed by atoms with Crippen LogP contribution in [0.4, 0.5) is 0 Å². The molecule has 0 saturated carbocycles. The van der Waals surface area contributed by atoms with Crippen LogP contribution in [0.5, 0.6) is 23.0 Å². The third-order valence-corrected chi connectivity index (χ3v) is 4.93. The Hall–Kier alpha value is -3.54. The van der Waals surface area contributed by atoms with E-state index in [-0.39, 0.29) is 12.2 Å². The molecule has 0 aliphatic carbocycles. The molecule has 3 aromatic heterocycles. The van der Waals surface area contributed by atoms with Crippen LogP contribution in [0.1, 0.15) is 17.0 Å². The Morgan fingerprint density at radius 1 is 0.906 bits per heavy atom. The summed E-state index contributed by atoms with van der Waals surface area (Å²) in [6.07, 6.45) is 7.45. The smallest absolute Gasteiger partial charge is 0.179 e. The van der Waals surface area contributed by atoms with Crippen molar-refractivity contribution in [2.45, 2.75) is 6.61 Å². The molecule has 0 unspecified atom stereocenters. The average molecular weight is 473 g/mol. The van der Waals surface area contributed by atoms with Crippen LogP contribution in [0.3, 0.4) is 0 Å². The molecule has 0 spiro atoms. The lowest BCUT2D eigenvalue weighted by Gasteiger charge is -2.13. The molecule has 0 bridgehead atoms. The van der Waals surface area contributed by atoms with Gasteiger partial charge in [-0.25, -0.2) is 0 Å². The summed E-state index contributed by atoms with van der Waals surface area (Å²) < 4.78 is 21.7.